The summed E-state index contributed by atoms with van der Waals surface area (Å²) >= 11 is 0. The van der Waals surface area contributed by atoms with E-state index >= 15 is 0 Å². The SMILES string of the molecule is Cn1cnnc1[C@H]1CCCN(c2ncnc3c2oc2ccccc23)C1. The van der Waals surface area contributed by atoms with Gasteiger partial charge in [0.15, 0.2) is 11.4 Å². The van der Waals surface area contributed by atoms with Gasteiger partial charge in [0.05, 0.1) is 0 Å². The quantitative estimate of drug-likeness (QED) is 0.561. The Morgan fingerprint density at radius 3 is 3.00 bits per heavy atom. The summed E-state index contributed by atoms with van der Waals surface area (Å²) in [6.07, 6.45) is 5.59. The number of fused-ring (bicyclic) bond motifs is 3. The molecule has 3 aromatic heterocycles. The molecule has 1 fully saturated rings. The number of aryl methyl sites for hydroxylation is 1. The molecule has 0 N–H and O–H groups in total. The van der Waals surface area contributed by atoms with E-state index in [2.05, 4.69) is 25.1 Å². The lowest BCUT2D eigenvalue weighted by molar-refractivity contribution is 0.477. The van der Waals surface area contributed by atoms with E-state index in [0.717, 1.165) is 59.6 Å². The van der Waals surface area contributed by atoms with Crippen LogP contribution in [-0.4, -0.2) is 37.8 Å². The maximum atomic E-state index is 6.09. The zero-order valence-corrected chi connectivity index (χ0v) is 14.0. The number of aromatic nitrogens is 5. The van der Waals surface area contributed by atoms with E-state index in [1.807, 2.05) is 35.9 Å². The Balaban J connectivity index is 1.57. The van der Waals surface area contributed by atoms with Crippen LogP contribution in [0, 0.1) is 0 Å². The number of furan rings is 1. The first kappa shape index (κ1) is 14.4. The molecule has 4 heterocycles. The van der Waals surface area contributed by atoms with Crippen molar-refractivity contribution in [3.05, 3.63) is 42.7 Å². The van der Waals surface area contributed by atoms with Crippen LogP contribution in [-0.2, 0) is 7.05 Å². The molecule has 0 amide bonds. The Labute approximate surface area is 144 Å². The Morgan fingerprint density at radius 2 is 2.12 bits per heavy atom. The van der Waals surface area contributed by atoms with Gasteiger partial charge >= 0.3 is 0 Å². The van der Waals surface area contributed by atoms with E-state index in [4.69, 9.17) is 4.42 Å². The molecule has 0 saturated carbocycles. The first-order valence-corrected chi connectivity index (χ1v) is 8.52. The molecule has 0 bridgehead atoms. The third-order valence-corrected chi connectivity index (χ3v) is 4.97. The molecule has 1 aromatic carbocycles. The molecule has 0 spiro atoms. The van der Waals surface area contributed by atoms with Crippen LogP contribution >= 0.6 is 0 Å². The number of anilines is 1. The lowest BCUT2D eigenvalue weighted by atomic mass is 9.97. The summed E-state index contributed by atoms with van der Waals surface area (Å²) < 4.78 is 8.09. The third-order valence-electron chi connectivity index (χ3n) is 4.97. The van der Waals surface area contributed by atoms with E-state index < -0.39 is 0 Å². The summed E-state index contributed by atoms with van der Waals surface area (Å²) in [5.41, 5.74) is 2.49. The van der Waals surface area contributed by atoms with Crippen LogP contribution in [0.3, 0.4) is 0 Å². The van der Waals surface area contributed by atoms with Crippen molar-refractivity contribution in [2.24, 2.45) is 7.05 Å². The van der Waals surface area contributed by atoms with Gasteiger partial charge in [-0.2, -0.15) is 0 Å². The predicted molar refractivity (Wildman–Crippen MR) is 94.5 cm³/mol. The fourth-order valence-corrected chi connectivity index (χ4v) is 3.78. The van der Waals surface area contributed by atoms with Gasteiger partial charge in [-0.25, -0.2) is 9.97 Å². The summed E-state index contributed by atoms with van der Waals surface area (Å²) in [5, 5.41) is 9.35. The Bertz CT molecular complexity index is 1050. The first-order valence-electron chi connectivity index (χ1n) is 8.52. The second-order valence-corrected chi connectivity index (χ2v) is 6.56. The Hall–Kier alpha value is -2.96. The number of piperidine rings is 1. The van der Waals surface area contributed by atoms with Crippen LogP contribution in [0.15, 0.2) is 41.3 Å². The van der Waals surface area contributed by atoms with Crippen molar-refractivity contribution in [1.82, 2.24) is 24.7 Å². The van der Waals surface area contributed by atoms with Crippen molar-refractivity contribution in [2.45, 2.75) is 18.8 Å². The second kappa shape index (κ2) is 5.54. The molecule has 0 unspecified atom stereocenters. The molecule has 0 aliphatic carbocycles. The summed E-state index contributed by atoms with van der Waals surface area (Å²) in [4.78, 5) is 11.3. The average molecular weight is 334 g/mol. The summed E-state index contributed by atoms with van der Waals surface area (Å²) in [6, 6.07) is 7.99. The van der Waals surface area contributed by atoms with Crippen LogP contribution in [0.1, 0.15) is 24.6 Å². The van der Waals surface area contributed by atoms with Gasteiger partial charge in [-0.05, 0) is 25.0 Å². The molecule has 126 valence electrons. The molecule has 0 radical (unpaired) electrons. The fourth-order valence-electron chi connectivity index (χ4n) is 3.78. The topological polar surface area (TPSA) is 72.9 Å². The second-order valence-electron chi connectivity index (χ2n) is 6.56. The molecule has 5 rings (SSSR count). The summed E-state index contributed by atoms with van der Waals surface area (Å²) in [6.45, 7) is 1.81. The molecule has 1 aliphatic rings. The monoisotopic (exact) mass is 334 g/mol. The van der Waals surface area contributed by atoms with E-state index in [9.17, 15) is 0 Å². The van der Waals surface area contributed by atoms with Crippen molar-refractivity contribution >= 4 is 27.9 Å². The molecule has 1 saturated heterocycles. The molecule has 1 atom stereocenters. The van der Waals surface area contributed by atoms with E-state index in [1.165, 1.54) is 0 Å². The van der Waals surface area contributed by atoms with Gasteiger partial charge in [0, 0.05) is 31.4 Å². The number of hydrogen-bond donors (Lipinski definition) is 0. The average Bonchev–Trinajstić information content (AvgIpc) is 3.25. The molecule has 7 nitrogen and oxygen atoms in total. The third kappa shape index (κ3) is 2.26. The smallest absolute Gasteiger partial charge is 0.196 e. The molecule has 1 aliphatic heterocycles. The van der Waals surface area contributed by atoms with Gasteiger partial charge in [0.2, 0.25) is 0 Å². The highest BCUT2D eigenvalue weighted by molar-refractivity contribution is 6.05. The molecule has 7 heteroatoms. The molecule has 4 aromatic rings. The van der Waals surface area contributed by atoms with Crippen molar-refractivity contribution in [1.29, 1.82) is 0 Å². The standard InChI is InChI=1S/C18H18N6O/c1-23-11-21-22-17(23)12-5-4-8-24(9-12)18-16-15(19-10-20-18)13-6-2-3-7-14(13)25-16/h2-3,6-7,10-12H,4-5,8-9H2,1H3/t12-/m0/s1. The zero-order chi connectivity index (χ0) is 16.8. The lowest BCUT2D eigenvalue weighted by Gasteiger charge is -2.32. The number of rotatable bonds is 2. The van der Waals surface area contributed by atoms with Crippen LogP contribution in [0.25, 0.3) is 22.1 Å². The van der Waals surface area contributed by atoms with Crippen LogP contribution in [0.2, 0.25) is 0 Å². The summed E-state index contributed by atoms with van der Waals surface area (Å²) in [5.74, 6) is 2.24. The van der Waals surface area contributed by atoms with Gasteiger partial charge in [-0.3, -0.25) is 0 Å². The minimum Gasteiger partial charge on any atom is -0.450 e. The van der Waals surface area contributed by atoms with E-state index in [1.54, 1.807) is 12.7 Å². The van der Waals surface area contributed by atoms with Crippen molar-refractivity contribution in [2.75, 3.05) is 18.0 Å². The highest BCUT2D eigenvalue weighted by Crippen LogP contribution is 2.35. The van der Waals surface area contributed by atoms with Gasteiger partial charge in [0.25, 0.3) is 0 Å². The van der Waals surface area contributed by atoms with Crippen LogP contribution < -0.4 is 4.90 Å². The number of para-hydroxylation sites is 1. The van der Waals surface area contributed by atoms with Crippen LogP contribution in [0.5, 0.6) is 0 Å². The number of nitrogens with zero attached hydrogens (tertiary/aromatic N) is 6. The lowest BCUT2D eigenvalue weighted by Crippen LogP contribution is -2.36. The highest BCUT2D eigenvalue weighted by atomic mass is 16.3. The molecule has 25 heavy (non-hydrogen) atoms. The van der Waals surface area contributed by atoms with Gasteiger partial charge in [0.1, 0.15) is 29.6 Å². The fraction of sp³-hybridized carbons (Fsp3) is 0.333. The minimum atomic E-state index is 0.343. The number of hydrogen-bond acceptors (Lipinski definition) is 6. The maximum absolute atomic E-state index is 6.09. The Morgan fingerprint density at radius 1 is 1.20 bits per heavy atom. The number of benzene rings is 1. The van der Waals surface area contributed by atoms with Crippen LogP contribution in [0.4, 0.5) is 5.82 Å². The normalized spacial score (nSPS) is 18.3. The predicted octanol–water partition coefficient (Wildman–Crippen LogP) is 2.89. The van der Waals surface area contributed by atoms with Crippen molar-refractivity contribution in [3.63, 3.8) is 0 Å². The maximum Gasteiger partial charge on any atom is 0.196 e. The first-order chi connectivity index (χ1) is 12.3. The van der Waals surface area contributed by atoms with Gasteiger partial charge in [-0.1, -0.05) is 12.1 Å². The Kier molecular flexibility index (Phi) is 3.19. The largest absolute Gasteiger partial charge is 0.450 e. The van der Waals surface area contributed by atoms with Gasteiger partial charge < -0.3 is 13.9 Å². The summed E-state index contributed by atoms with van der Waals surface area (Å²) in [7, 11) is 2.00. The molecular formula is C18H18N6O. The van der Waals surface area contributed by atoms with E-state index in [-0.39, 0.29) is 0 Å². The molecular weight excluding hydrogens is 316 g/mol. The zero-order valence-electron chi connectivity index (χ0n) is 14.0. The van der Waals surface area contributed by atoms with Crippen molar-refractivity contribution < 1.29 is 4.42 Å². The van der Waals surface area contributed by atoms with E-state index in [0.29, 0.717) is 5.92 Å². The van der Waals surface area contributed by atoms with Crippen molar-refractivity contribution in [3.8, 4) is 0 Å². The minimum absolute atomic E-state index is 0.343. The van der Waals surface area contributed by atoms with Gasteiger partial charge in [-0.15, -0.1) is 10.2 Å². The highest BCUT2D eigenvalue weighted by Gasteiger charge is 2.27.